The second-order valence-corrected chi connectivity index (χ2v) is 7.51. The molecule has 0 atom stereocenters. The van der Waals surface area contributed by atoms with Crippen molar-refractivity contribution in [2.45, 2.75) is 58.0 Å². The van der Waals surface area contributed by atoms with Crippen molar-refractivity contribution in [2.75, 3.05) is 19.7 Å². The molecule has 0 unspecified atom stereocenters. The van der Waals surface area contributed by atoms with Gasteiger partial charge in [0.25, 0.3) is 0 Å². The zero-order valence-corrected chi connectivity index (χ0v) is 14.8. The first kappa shape index (κ1) is 17.5. The van der Waals surface area contributed by atoms with E-state index in [0.717, 1.165) is 51.3 Å². The van der Waals surface area contributed by atoms with Crippen LogP contribution in [0.2, 0.25) is 0 Å². The SMILES string of the molecule is O=C(CC1CCCC1)N1CCC(CCOCc2ccccc2)CC1. The Morgan fingerprint density at radius 2 is 1.71 bits per heavy atom. The Bertz CT molecular complexity index is 488. The molecule has 3 heteroatoms. The fraction of sp³-hybridized carbons (Fsp3) is 0.667. The fourth-order valence-electron chi connectivity index (χ4n) is 4.08. The maximum Gasteiger partial charge on any atom is 0.222 e. The van der Waals surface area contributed by atoms with Gasteiger partial charge in [-0.2, -0.15) is 0 Å². The standard InChI is InChI=1S/C21H31NO2/c23-21(16-19-6-4-5-7-19)22-13-10-18(11-14-22)12-15-24-17-20-8-2-1-3-9-20/h1-3,8-9,18-19H,4-7,10-17H2. The normalized spacial score (nSPS) is 19.8. The van der Waals surface area contributed by atoms with Crippen molar-refractivity contribution < 1.29 is 9.53 Å². The molecule has 1 saturated heterocycles. The summed E-state index contributed by atoms with van der Waals surface area (Å²) < 4.78 is 5.80. The lowest BCUT2D eigenvalue weighted by Crippen LogP contribution is -2.39. The topological polar surface area (TPSA) is 29.5 Å². The Kier molecular flexibility index (Phi) is 6.71. The molecule has 1 aliphatic heterocycles. The maximum atomic E-state index is 12.4. The molecule has 2 fully saturated rings. The highest BCUT2D eigenvalue weighted by atomic mass is 16.5. The lowest BCUT2D eigenvalue weighted by molar-refractivity contribution is -0.133. The van der Waals surface area contributed by atoms with Crippen LogP contribution in [0.15, 0.2) is 30.3 Å². The zero-order valence-electron chi connectivity index (χ0n) is 14.8. The second kappa shape index (κ2) is 9.22. The number of hydrogen-bond acceptors (Lipinski definition) is 2. The molecule has 1 saturated carbocycles. The number of carbonyl (C=O) groups excluding carboxylic acids is 1. The molecule has 0 spiro atoms. The average Bonchev–Trinajstić information content (AvgIpc) is 3.13. The minimum atomic E-state index is 0.403. The van der Waals surface area contributed by atoms with Gasteiger partial charge in [0, 0.05) is 26.1 Å². The smallest absolute Gasteiger partial charge is 0.222 e. The minimum absolute atomic E-state index is 0.403. The van der Waals surface area contributed by atoms with Gasteiger partial charge in [-0.1, -0.05) is 43.2 Å². The van der Waals surface area contributed by atoms with Gasteiger partial charge in [0.2, 0.25) is 5.91 Å². The minimum Gasteiger partial charge on any atom is -0.377 e. The lowest BCUT2D eigenvalue weighted by Gasteiger charge is -2.32. The molecule has 0 aromatic heterocycles. The Labute approximate surface area is 146 Å². The summed E-state index contributed by atoms with van der Waals surface area (Å²) >= 11 is 0. The highest BCUT2D eigenvalue weighted by Crippen LogP contribution is 2.29. The number of likely N-dealkylation sites (tertiary alicyclic amines) is 1. The fourth-order valence-corrected chi connectivity index (χ4v) is 4.08. The molecule has 3 rings (SSSR count). The van der Waals surface area contributed by atoms with E-state index in [1.165, 1.54) is 31.2 Å². The molecule has 1 amide bonds. The summed E-state index contributed by atoms with van der Waals surface area (Å²) in [6.45, 7) is 3.44. The predicted octanol–water partition coefficient (Wildman–Crippen LogP) is 4.41. The van der Waals surface area contributed by atoms with Gasteiger partial charge in [0.15, 0.2) is 0 Å². The third kappa shape index (κ3) is 5.34. The van der Waals surface area contributed by atoms with Crippen LogP contribution in [0.25, 0.3) is 0 Å². The van der Waals surface area contributed by atoms with Gasteiger partial charge in [-0.15, -0.1) is 0 Å². The van der Waals surface area contributed by atoms with E-state index in [1.54, 1.807) is 0 Å². The quantitative estimate of drug-likeness (QED) is 0.693. The van der Waals surface area contributed by atoms with Crippen LogP contribution in [0.5, 0.6) is 0 Å². The lowest BCUT2D eigenvalue weighted by atomic mass is 9.93. The average molecular weight is 329 g/mol. The first-order chi connectivity index (χ1) is 11.8. The molecule has 1 aromatic carbocycles. The van der Waals surface area contributed by atoms with Crippen LogP contribution in [0.3, 0.4) is 0 Å². The Balaban J connectivity index is 1.28. The number of nitrogens with zero attached hydrogens (tertiary/aromatic N) is 1. The van der Waals surface area contributed by atoms with Crippen molar-refractivity contribution in [2.24, 2.45) is 11.8 Å². The number of piperidine rings is 1. The van der Waals surface area contributed by atoms with E-state index in [2.05, 4.69) is 29.2 Å². The number of ether oxygens (including phenoxy) is 1. The number of benzene rings is 1. The van der Waals surface area contributed by atoms with Crippen molar-refractivity contribution >= 4 is 5.91 Å². The van der Waals surface area contributed by atoms with Crippen LogP contribution in [-0.4, -0.2) is 30.5 Å². The summed E-state index contributed by atoms with van der Waals surface area (Å²) in [5.74, 6) is 1.79. The van der Waals surface area contributed by atoms with Gasteiger partial charge in [-0.05, 0) is 49.5 Å². The second-order valence-electron chi connectivity index (χ2n) is 7.51. The number of carbonyl (C=O) groups is 1. The van der Waals surface area contributed by atoms with Crippen molar-refractivity contribution in [3.05, 3.63) is 35.9 Å². The third-order valence-corrected chi connectivity index (χ3v) is 5.69. The monoisotopic (exact) mass is 329 g/mol. The number of hydrogen-bond donors (Lipinski definition) is 0. The molecule has 1 heterocycles. The molecule has 1 aliphatic carbocycles. The van der Waals surface area contributed by atoms with Crippen molar-refractivity contribution in [3.63, 3.8) is 0 Å². The summed E-state index contributed by atoms with van der Waals surface area (Å²) in [5.41, 5.74) is 1.24. The molecular formula is C21H31NO2. The summed E-state index contributed by atoms with van der Waals surface area (Å²) in [7, 11) is 0. The molecular weight excluding hydrogens is 298 g/mol. The molecule has 24 heavy (non-hydrogen) atoms. The van der Waals surface area contributed by atoms with Crippen molar-refractivity contribution in [1.82, 2.24) is 4.90 Å². The van der Waals surface area contributed by atoms with Crippen LogP contribution in [0.4, 0.5) is 0 Å². The van der Waals surface area contributed by atoms with Gasteiger partial charge in [-0.25, -0.2) is 0 Å². The van der Waals surface area contributed by atoms with Gasteiger partial charge in [0.1, 0.15) is 0 Å². The predicted molar refractivity (Wildman–Crippen MR) is 96.6 cm³/mol. The van der Waals surface area contributed by atoms with E-state index in [1.807, 2.05) is 6.07 Å². The summed E-state index contributed by atoms with van der Waals surface area (Å²) in [6, 6.07) is 10.3. The largest absolute Gasteiger partial charge is 0.377 e. The summed E-state index contributed by atoms with van der Waals surface area (Å²) in [6.07, 6.45) is 9.38. The van der Waals surface area contributed by atoms with Crippen LogP contribution < -0.4 is 0 Å². The number of rotatable bonds is 7. The van der Waals surface area contributed by atoms with Gasteiger partial charge >= 0.3 is 0 Å². The van der Waals surface area contributed by atoms with Crippen LogP contribution >= 0.6 is 0 Å². The third-order valence-electron chi connectivity index (χ3n) is 5.69. The van der Waals surface area contributed by atoms with Gasteiger partial charge < -0.3 is 9.64 Å². The highest BCUT2D eigenvalue weighted by molar-refractivity contribution is 5.76. The maximum absolute atomic E-state index is 12.4. The molecule has 3 nitrogen and oxygen atoms in total. The van der Waals surface area contributed by atoms with E-state index in [-0.39, 0.29) is 0 Å². The molecule has 0 N–H and O–H groups in total. The molecule has 0 radical (unpaired) electrons. The van der Waals surface area contributed by atoms with E-state index in [4.69, 9.17) is 4.74 Å². The van der Waals surface area contributed by atoms with Crippen LogP contribution in [-0.2, 0) is 16.1 Å². The van der Waals surface area contributed by atoms with E-state index in [0.29, 0.717) is 18.4 Å². The Morgan fingerprint density at radius 3 is 2.42 bits per heavy atom. The Hall–Kier alpha value is -1.35. The molecule has 1 aromatic rings. The van der Waals surface area contributed by atoms with E-state index < -0.39 is 0 Å². The van der Waals surface area contributed by atoms with E-state index in [9.17, 15) is 4.79 Å². The summed E-state index contributed by atoms with van der Waals surface area (Å²) in [4.78, 5) is 14.5. The highest BCUT2D eigenvalue weighted by Gasteiger charge is 2.25. The number of amides is 1. The molecule has 132 valence electrons. The van der Waals surface area contributed by atoms with Crippen molar-refractivity contribution in [1.29, 1.82) is 0 Å². The van der Waals surface area contributed by atoms with Crippen molar-refractivity contribution in [3.8, 4) is 0 Å². The van der Waals surface area contributed by atoms with E-state index >= 15 is 0 Å². The van der Waals surface area contributed by atoms with Crippen LogP contribution in [0, 0.1) is 11.8 Å². The first-order valence-electron chi connectivity index (χ1n) is 9.70. The van der Waals surface area contributed by atoms with Gasteiger partial charge in [-0.3, -0.25) is 4.79 Å². The molecule has 0 bridgehead atoms. The first-order valence-corrected chi connectivity index (χ1v) is 9.70. The van der Waals surface area contributed by atoms with Gasteiger partial charge in [0.05, 0.1) is 6.61 Å². The Morgan fingerprint density at radius 1 is 1.00 bits per heavy atom. The zero-order chi connectivity index (χ0) is 16.6. The molecule has 2 aliphatic rings. The van der Waals surface area contributed by atoms with Crippen LogP contribution in [0.1, 0.15) is 56.9 Å². The summed E-state index contributed by atoms with van der Waals surface area (Å²) in [5, 5.41) is 0.